The van der Waals surface area contributed by atoms with E-state index in [1.54, 1.807) is 31.5 Å². The molecule has 1 atom stereocenters. The van der Waals surface area contributed by atoms with Crippen LogP contribution in [-0.4, -0.2) is 16.2 Å². The highest BCUT2D eigenvalue weighted by atomic mass is 35.5. The summed E-state index contributed by atoms with van der Waals surface area (Å²) in [7, 11) is 2.44. The van der Waals surface area contributed by atoms with Crippen LogP contribution < -0.4 is 10.3 Å². The van der Waals surface area contributed by atoms with E-state index in [1.165, 1.54) is 12.3 Å². The van der Waals surface area contributed by atoms with E-state index in [-0.39, 0.29) is 10.8 Å². The maximum atomic E-state index is 13.0. The van der Waals surface area contributed by atoms with Gasteiger partial charge in [0.1, 0.15) is 17.1 Å². The molecule has 2 rings (SSSR count). The number of allylic oxidation sites excluding steroid dienone is 2. The first-order valence-electron chi connectivity index (χ1n) is 8.26. The van der Waals surface area contributed by atoms with E-state index < -0.39 is 11.7 Å². The molecule has 2 aromatic rings. The smallest absolute Gasteiger partial charge is 0.417 e. The third-order valence-corrected chi connectivity index (χ3v) is 3.99. The topological polar surface area (TPSA) is 47.4 Å². The minimum absolute atomic E-state index is 0.0187. The Balaban J connectivity index is 2.04. The number of ether oxygens (including phenoxy) is 1. The van der Waals surface area contributed by atoms with Crippen LogP contribution in [0, 0.1) is 0 Å². The summed E-state index contributed by atoms with van der Waals surface area (Å²) >= 11 is 5.62. The number of hydrogen-bond donors (Lipinski definition) is 0. The molecule has 0 aliphatic rings. The van der Waals surface area contributed by atoms with Crippen LogP contribution in [0.1, 0.15) is 24.6 Å². The highest BCUT2D eigenvalue weighted by Crippen LogP contribution is 2.37. The van der Waals surface area contributed by atoms with Crippen molar-refractivity contribution in [1.29, 1.82) is 0 Å². The molecule has 0 aliphatic heterocycles. The lowest BCUT2D eigenvalue weighted by Gasteiger charge is -2.12. The second kappa shape index (κ2) is 10.3. The Bertz CT molecular complexity index is 898. The average Bonchev–Trinajstić information content (AvgIpc) is 2.62. The van der Waals surface area contributed by atoms with E-state index in [2.05, 4.69) is 24.2 Å². The van der Waals surface area contributed by atoms with Gasteiger partial charge in [-0.15, -0.1) is 0 Å². The Morgan fingerprint density at radius 3 is 2.79 bits per heavy atom. The number of aliphatic imine (C=N–C) groups is 1. The van der Waals surface area contributed by atoms with Crippen LogP contribution in [-0.2, 0) is 12.6 Å². The van der Waals surface area contributed by atoms with E-state index in [0.29, 0.717) is 24.2 Å². The van der Waals surface area contributed by atoms with Crippen molar-refractivity contribution in [2.24, 2.45) is 4.99 Å². The molecule has 1 heterocycles. The molecule has 0 bridgehead atoms. The molecule has 0 radical (unpaired) electrons. The second-order valence-electron chi connectivity index (χ2n) is 5.55. The first-order valence-corrected chi connectivity index (χ1v) is 9.21. The van der Waals surface area contributed by atoms with Gasteiger partial charge in [-0.2, -0.15) is 13.2 Å². The number of hydrogen-bond acceptors (Lipinski definition) is 4. The van der Waals surface area contributed by atoms with Crippen molar-refractivity contribution in [3.8, 4) is 5.75 Å². The van der Waals surface area contributed by atoms with Crippen LogP contribution >= 0.6 is 20.8 Å². The number of benzene rings is 1. The Hall–Kier alpha value is -2.24. The van der Waals surface area contributed by atoms with Crippen LogP contribution in [0.3, 0.4) is 0 Å². The zero-order chi connectivity index (χ0) is 20.6. The molecule has 0 amide bonds. The summed E-state index contributed by atoms with van der Waals surface area (Å²) in [5, 5.41) is -0.382. The van der Waals surface area contributed by atoms with Crippen LogP contribution in [0.2, 0.25) is 5.02 Å². The highest BCUT2D eigenvalue weighted by Gasteiger charge is 2.33. The van der Waals surface area contributed by atoms with Gasteiger partial charge in [-0.1, -0.05) is 26.9 Å². The molecular formula is C19H18ClF3N3OP. The maximum absolute atomic E-state index is 13.0. The first-order chi connectivity index (χ1) is 13.3. The van der Waals surface area contributed by atoms with Gasteiger partial charge in [-0.25, -0.2) is 9.97 Å². The highest BCUT2D eigenvalue weighted by molar-refractivity contribution is 7.26. The van der Waals surface area contributed by atoms with Crippen molar-refractivity contribution in [3.05, 3.63) is 70.9 Å². The Morgan fingerprint density at radius 1 is 1.32 bits per heavy atom. The standard InChI is InChI=1S/C19H18ClF3N3OP/c1-2-4-15(12-24-9-3-5-13-8-10-25-18(28)26-13)27-14-6-7-17(20)16(11-14)19(21,22)23/h2,4,6-12H,3,5,28H2,1H3/b4-2-,15-12+,24-9?. The van der Waals surface area contributed by atoms with E-state index in [1.807, 2.05) is 6.07 Å². The fraction of sp³-hybridized carbons (Fsp3) is 0.211. The monoisotopic (exact) mass is 427 g/mol. The molecule has 28 heavy (non-hydrogen) atoms. The lowest BCUT2D eigenvalue weighted by molar-refractivity contribution is -0.137. The zero-order valence-electron chi connectivity index (χ0n) is 14.9. The number of rotatable bonds is 7. The minimum atomic E-state index is -4.56. The summed E-state index contributed by atoms with van der Waals surface area (Å²) in [5.41, 5.74) is 0.564. The van der Waals surface area contributed by atoms with Crippen molar-refractivity contribution >= 4 is 32.6 Å². The van der Waals surface area contributed by atoms with Crippen molar-refractivity contribution in [2.45, 2.75) is 25.9 Å². The molecule has 9 heteroatoms. The molecule has 1 unspecified atom stereocenters. The van der Waals surface area contributed by atoms with Gasteiger partial charge in [-0.05, 0) is 50.1 Å². The van der Waals surface area contributed by atoms with E-state index in [9.17, 15) is 13.2 Å². The molecule has 1 aromatic heterocycles. The van der Waals surface area contributed by atoms with Gasteiger partial charge >= 0.3 is 6.18 Å². The number of nitrogens with zero attached hydrogens (tertiary/aromatic N) is 3. The lowest BCUT2D eigenvalue weighted by atomic mass is 10.2. The number of aromatic nitrogens is 2. The van der Waals surface area contributed by atoms with Crippen molar-refractivity contribution in [2.75, 3.05) is 0 Å². The van der Waals surface area contributed by atoms with E-state index in [4.69, 9.17) is 16.3 Å². The number of alkyl halides is 3. The summed E-state index contributed by atoms with van der Waals surface area (Å²) in [6.07, 6.45) is 4.86. The van der Waals surface area contributed by atoms with Crippen LogP contribution in [0.25, 0.3) is 0 Å². The lowest BCUT2D eigenvalue weighted by Crippen LogP contribution is -2.06. The Kier molecular flexibility index (Phi) is 8.15. The molecule has 0 N–H and O–H groups in total. The normalized spacial score (nSPS) is 12.9. The molecule has 1 aromatic carbocycles. The van der Waals surface area contributed by atoms with Gasteiger partial charge < -0.3 is 4.74 Å². The number of halogens is 4. The number of aryl methyl sites for hydroxylation is 1. The molecule has 0 saturated carbocycles. The summed E-state index contributed by atoms with van der Waals surface area (Å²) in [6, 6.07) is 5.20. The maximum Gasteiger partial charge on any atom is 0.417 e. The fourth-order valence-corrected chi connectivity index (χ4v) is 2.63. The molecule has 0 saturated heterocycles. The minimum Gasteiger partial charge on any atom is -0.456 e. The Labute approximate surface area is 168 Å². The van der Waals surface area contributed by atoms with Gasteiger partial charge in [0.15, 0.2) is 0 Å². The quantitative estimate of drug-likeness (QED) is 0.266. The summed E-state index contributed by atoms with van der Waals surface area (Å²) < 4.78 is 44.4. The summed E-state index contributed by atoms with van der Waals surface area (Å²) in [5.74, 6) is 0.314. The zero-order valence-corrected chi connectivity index (χ0v) is 16.9. The summed E-state index contributed by atoms with van der Waals surface area (Å²) in [6.45, 7) is 1.76. The van der Waals surface area contributed by atoms with Crippen LogP contribution in [0.15, 0.2) is 59.6 Å². The Morgan fingerprint density at radius 2 is 2.11 bits per heavy atom. The predicted molar refractivity (Wildman–Crippen MR) is 108 cm³/mol. The third kappa shape index (κ3) is 7.06. The van der Waals surface area contributed by atoms with Crippen LogP contribution in [0.4, 0.5) is 13.2 Å². The molecule has 0 fully saturated rings. The molecular weight excluding hydrogens is 410 g/mol. The first kappa shape index (κ1) is 22.1. The van der Waals surface area contributed by atoms with E-state index in [0.717, 1.165) is 17.8 Å². The second-order valence-corrected chi connectivity index (χ2v) is 6.47. The van der Waals surface area contributed by atoms with Gasteiger partial charge in [0, 0.05) is 18.1 Å². The summed E-state index contributed by atoms with van der Waals surface area (Å²) in [4.78, 5) is 12.4. The molecule has 148 valence electrons. The van der Waals surface area contributed by atoms with Gasteiger partial charge in [-0.3, -0.25) is 4.99 Å². The van der Waals surface area contributed by atoms with Gasteiger partial charge in [0.05, 0.1) is 16.8 Å². The fourth-order valence-electron chi connectivity index (χ4n) is 2.15. The molecule has 4 nitrogen and oxygen atoms in total. The third-order valence-electron chi connectivity index (χ3n) is 3.38. The van der Waals surface area contributed by atoms with Crippen LogP contribution in [0.5, 0.6) is 5.75 Å². The van der Waals surface area contributed by atoms with E-state index >= 15 is 0 Å². The average molecular weight is 428 g/mol. The van der Waals surface area contributed by atoms with Crippen molar-refractivity contribution in [1.82, 2.24) is 9.97 Å². The predicted octanol–water partition coefficient (Wildman–Crippen LogP) is 5.15. The van der Waals surface area contributed by atoms with Gasteiger partial charge in [0.25, 0.3) is 0 Å². The molecule has 0 aliphatic carbocycles. The van der Waals surface area contributed by atoms with Crippen molar-refractivity contribution in [3.63, 3.8) is 0 Å². The molecule has 0 spiro atoms. The van der Waals surface area contributed by atoms with Crippen molar-refractivity contribution < 1.29 is 17.9 Å². The van der Waals surface area contributed by atoms with Gasteiger partial charge in [0.2, 0.25) is 0 Å². The largest absolute Gasteiger partial charge is 0.456 e. The SMILES string of the molecule is C/C=C\C(=C/N=CCCc1ccnc(P)n1)Oc1ccc(Cl)c(C(F)(F)F)c1.